The number of quaternary nitrogens is 1. The first-order valence-corrected chi connectivity index (χ1v) is 13.1. The summed E-state index contributed by atoms with van der Waals surface area (Å²) in [6.07, 6.45) is 18.3. The Morgan fingerprint density at radius 1 is 0.581 bits per heavy atom. The topological polar surface area (TPSA) is 18.5 Å². The van der Waals surface area contributed by atoms with Crippen LogP contribution in [0, 0.1) is 0 Å². The Hall–Kier alpha value is -1.22. The van der Waals surface area contributed by atoms with Crippen LogP contribution in [0.1, 0.15) is 109 Å². The lowest BCUT2D eigenvalue weighted by Gasteiger charge is -2.24. The van der Waals surface area contributed by atoms with Crippen molar-refractivity contribution in [1.29, 1.82) is 0 Å². The van der Waals surface area contributed by atoms with E-state index in [0.29, 0.717) is 0 Å². The summed E-state index contributed by atoms with van der Waals surface area (Å²) in [6, 6.07) is 6.52. The van der Waals surface area contributed by atoms with Crippen molar-refractivity contribution in [3.8, 4) is 11.5 Å². The standard InChI is InChI=1S/C28H52NO2/c1-6-8-10-12-14-16-18-22-30-27-21-20-26(25-29(3,4)5)24-28(27)31-23-19-17-15-13-11-9-7-2/h20-21,24H,6-19,22-23,25H2,1-5H3/q+1. The molecule has 0 aliphatic carbocycles. The molecule has 0 amide bonds. The SMILES string of the molecule is CCCCCCCCCOc1ccc(C[N+](C)(C)C)cc1OCCCCCCCCC. The Morgan fingerprint density at radius 2 is 1.03 bits per heavy atom. The fourth-order valence-electron chi connectivity index (χ4n) is 3.91. The van der Waals surface area contributed by atoms with Crippen molar-refractivity contribution in [1.82, 2.24) is 0 Å². The second kappa shape index (κ2) is 17.3. The van der Waals surface area contributed by atoms with Crippen LogP contribution in [0.2, 0.25) is 0 Å². The first-order chi connectivity index (χ1) is 15.0. The zero-order chi connectivity index (χ0) is 22.8. The molecule has 0 aromatic heterocycles. The van der Waals surface area contributed by atoms with E-state index in [2.05, 4.69) is 53.2 Å². The highest BCUT2D eigenvalue weighted by Crippen LogP contribution is 2.30. The van der Waals surface area contributed by atoms with Crippen LogP contribution < -0.4 is 9.47 Å². The lowest BCUT2D eigenvalue weighted by atomic mass is 10.1. The van der Waals surface area contributed by atoms with Crippen LogP contribution in [0.25, 0.3) is 0 Å². The quantitative estimate of drug-likeness (QED) is 0.152. The van der Waals surface area contributed by atoms with Crippen molar-refractivity contribution >= 4 is 0 Å². The third kappa shape index (κ3) is 15.3. The molecule has 0 aliphatic heterocycles. The number of benzene rings is 1. The molecule has 0 heterocycles. The van der Waals surface area contributed by atoms with Gasteiger partial charge < -0.3 is 14.0 Å². The van der Waals surface area contributed by atoms with E-state index in [4.69, 9.17) is 9.47 Å². The second-order valence-corrected chi connectivity index (χ2v) is 10.2. The van der Waals surface area contributed by atoms with Crippen molar-refractivity contribution < 1.29 is 14.0 Å². The molecule has 180 valence electrons. The van der Waals surface area contributed by atoms with Crippen LogP contribution in [0.15, 0.2) is 18.2 Å². The van der Waals surface area contributed by atoms with Crippen molar-refractivity contribution in [3.05, 3.63) is 23.8 Å². The summed E-state index contributed by atoms with van der Waals surface area (Å²) in [5, 5.41) is 0. The maximum absolute atomic E-state index is 6.21. The van der Waals surface area contributed by atoms with E-state index in [9.17, 15) is 0 Å². The zero-order valence-electron chi connectivity index (χ0n) is 21.5. The van der Waals surface area contributed by atoms with Crippen molar-refractivity contribution in [2.24, 2.45) is 0 Å². The van der Waals surface area contributed by atoms with E-state index < -0.39 is 0 Å². The molecule has 0 saturated heterocycles. The van der Waals surface area contributed by atoms with Crippen LogP contribution in [0.5, 0.6) is 11.5 Å². The first-order valence-electron chi connectivity index (χ1n) is 13.1. The monoisotopic (exact) mass is 434 g/mol. The van der Waals surface area contributed by atoms with Gasteiger partial charge in [0.15, 0.2) is 11.5 Å². The van der Waals surface area contributed by atoms with Gasteiger partial charge in [-0.3, -0.25) is 0 Å². The van der Waals surface area contributed by atoms with Gasteiger partial charge in [0.05, 0.1) is 34.4 Å². The molecule has 1 rings (SSSR count). The Bertz CT molecular complexity index is 550. The average Bonchev–Trinajstić information content (AvgIpc) is 2.72. The van der Waals surface area contributed by atoms with Crippen molar-refractivity contribution in [2.75, 3.05) is 34.4 Å². The summed E-state index contributed by atoms with van der Waals surface area (Å²) in [7, 11) is 6.68. The zero-order valence-corrected chi connectivity index (χ0v) is 21.5. The lowest BCUT2D eigenvalue weighted by Crippen LogP contribution is -2.33. The van der Waals surface area contributed by atoms with Crippen LogP contribution >= 0.6 is 0 Å². The smallest absolute Gasteiger partial charge is 0.161 e. The minimum absolute atomic E-state index is 0.787. The van der Waals surface area contributed by atoms with Gasteiger partial charge in [-0.25, -0.2) is 0 Å². The molecule has 3 heteroatoms. The third-order valence-corrected chi connectivity index (χ3v) is 5.68. The maximum Gasteiger partial charge on any atom is 0.161 e. The molecule has 0 unspecified atom stereocenters. The van der Waals surface area contributed by atoms with E-state index in [1.54, 1.807) is 0 Å². The summed E-state index contributed by atoms with van der Waals surface area (Å²) >= 11 is 0. The molecule has 0 fully saturated rings. The fraction of sp³-hybridized carbons (Fsp3) is 0.786. The van der Waals surface area contributed by atoms with Gasteiger partial charge in [0.2, 0.25) is 0 Å². The predicted octanol–water partition coefficient (Wildman–Crippen LogP) is 8.15. The van der Waals surface area contributed by atoms with E-state index in [-0.39, 0.29) is 0 Å². The van der Waals surface area contributed by atoms with Gasteiger partial charge in [-0.15, -0.1) is 0 Å². The molecular weight excluding hydrogens is 382 g/mol. The number of ether oxygens (including phenoxy) is 2. The number of unbranched alkanes of at least 4 members (excludes halogenated alkanes) is 12. The molecule has 3 nitrogen and oxygen atoms in total. The summed E-state index contributed by atoms with van der Waals surface area (Å²) in [5.41, 5.74) is 1.31. The third-order valence-electron chi connectivity index (χ3n) is 5.68. The molecule has 31 heavy (non-hydrogen) atoms. The second-order valence-electron chi connectivity index (χ2n) is 10.2. The molecule has 0 spiro atoms. The van der Waals surface area contributed by atoms with E-state index in [1.165, 1.54) is 82.6 Å². The summed E-state index contributed by atoms with van der Waals surface area (Å²) < 4.78 is 13.3. The molecule has 0 radical (unpaired) electrons. The lowest BCUT2D eigenvalue weighted by molar-refractivity contribution is -0.884. The van der Waals surface area contributed by atoms with Crippen LogP contribution in [-0.4, -0.2) is 38.8 Å². The highest BCUT2D eigenvalue weighted by atomic mass is 16.5. The molecular formula is C28H52NO2+. The minimum Gasteiger partial charge on any atom is -0.490 e. The average molecular weight is 435 g/mol. The van der Waals surface area contributed by atoms with Crippen LogP contribution in [0.3, 0.4) is 0 Å². The van der Waals surface area contributed by atoms with E-state index in [0.717, 1.165) is 48.6 Å². The van der Waals surface area contributed by atoms with Crippen molar-refractivity contribution in [2.45, 2.75) is 110 Å². The fourth-order valence-corrected chi connectivity index (χ4v) is 3.91. The molecule has 1 aromatic rings. The van der Waals surface area contributed by atoms with Gasteiger partial charge in [-0.2, -0.15) is 0 Å². The maximum atomic E-state index is 6.21. The van der Waals surface area contributed by atoms with Gasteiger partial charge in [0.1, 0.15) is 6.54 Å². The molecule has 0 bridgehead atoms. The van der Waals surface area contributed by atoms with E-state index in [1.807, 2.05) is 0 Å². The summed E-state index contributed by atoms with van der Waals surface area (Å²) in [5.74, 6) is 1.85. The van der Waals surface area contributed by atoms with Crippen LogP contribution in [-0.2, 0) is 6.54 Å². The largest absolute Gasteiger partial charge is 0.490 e. The van der Waals surface area contributed by atoms with Gasteiger partial charge in [0.25, 0.3) is 0 Å². The van der Waals surface area contributed by atoms with Gasteiger partial charge in [-0.05, 0) is 31.0 Å². The molecule has 0 aliphatic rings. The van der Waals surface area contributed by atoms with Gasteiger partial charge in [-0.1, -0.05) is 90.9 Å². The molecule has 0 N–H and O–H groups in total. The minimum atomic E-state index is 0.787. The van der Waals surface area contributed by atoms with Crippen LogP contribution in [0.4, 0.5) is 0 Å². The van der Waals surface area contributed by atoms with E-state index >= 15 is 0 Å². The van der Waals surface area contributed by atoms with Gasteiger partial charge in [0, 0.05) is 5.56 Å². The summed E-state index contributed by atoms with van der Waals surface area (Å²) in [4.78, 5) is 0. The highest BCUT2D eigenvalue weighted by molar-refractivity contribution is 5.42. The Labute approximate surface area is 194 Å². The highest BCUT2D eigenvalue weighted by Gasteiger charge is 2.13. The number of hydrogen-bond acceptors (Lipinski definition) is 2. The Morgan fingerprint density at radius 3 is 1.52 bits per heavy atom. The normalized spacial score (nSPS) is 11.6. The van der Waals surface area contributed by atoms with Crippen molar-refractivity contribution in [3.63, 3.8) is 0 Å². The number of rotatable bonds is 20. The molecule has 1 aromatic carbocycles. The number of hydrogen-bond donors (Lipinski definition) is 0. The van der Waals surface area contributed by atoms with Gasteiger partial charge >= 0.3 is 0 Å². The predicted molar refractivity (Wildman–Crippen MR) is 135 cm³/mol. The summed E-state index contributed by atoms with van der Waals surface area (Å²) in [6.45, 7) is 7.11. The first kappa shape index (κ1) is 27.8. The number of nitrogens with zero attached hydrogens (tertiary/aromatic N) is 1. The Kier molecular flexibility index (Phi) is 15.6. The Balaban J connectivity index is 2.45. The molecule has 0 saturated carbocycles. The molecule has 0 atom stereocenters.